The molecule has 1 aliphatic rings. The van der Waals surface area contributed by atoms with Crippen molar-refractivity contribution in [1.29, 1.82) is 0 Å². The third-order valence-electron chi connectivity index (χ3n) is 3.86. The van der Waals surface area contributed by atoms with Crippen LogP contribution in [-0.2, 0) is 4.79 Å². The van der Waals surface area contributed by atoms with Crippen LogP contribution in [0, 0.1) is 11.8 Å². The quantitative estimate of drug-likeness (QED) is 0.897. The highest BCUT2D eigenvalue weighted by atomic mass is 35.5. The largest absolute Gasteiger partial charge is 0.481 e. The molecule has 5 heteroatoms. The Hall–Kier alpha value is -1.55. The van der Waals surface area contributed by atoms with E-state index in [1.165, 1.54) is 0 Å². The zero-order chi connectivity index (χ0) is 14.5. The van der Waals surface area contributed by atoms with E-state index in [1.807, 2.05) is 0 Å². The molecule has 2 unspecified atom stereocenters. The van der Waals surface area contributed by atoms with E-state index >= 15 is 0 Å². The van der Waals surface area contributed by atoms with Gasteiger partial charge in [0.15, 0.2) is 0 Å². The molecule has 0 spiro atoms. The summed E-state index contributed by atoms with van der Waals surface area (Å²) in [6, 6.07) is 6.65. The third kappa shape index (κ3) is 3.73. The number of hydrogen-bond donors (Lipinski definition) is 2. The Morgan fingerprint density at radius 1 is 1.20 bits per heavy atom. The van der Waals surface area contributed by atoms with Crippen molar-refractivity contribution in [2.75, 3.05) is 6.54 Å². The van der Waals surface area contributed by atoms with Crippen molar-refractivity contribution in [3.63, 3.8) is 0 Å². The molecule has 1 aliphatic carbocycles. The first kappa shape index (κ1) is 14.9. The van der Waals surface area contributed by atoms with Crippen molar-refractivity contribution >= 4 is 23.5 Å². The molecule has 1 aromatic rings. The van der Waals surface area contributed by atoms with Crippen molar-refractivity contribution < 1.29 is 14.7 Å². The van der Waals surface area contributed by atoms with Crippen molar-refractivity contribution in [2.45, 2.75) is 25.7 Å². The molecule has 2 N–H and O–H groups in total. The molecule has 0 aliphatic heterocycles. The average molecular weight is 296 g/mol. The van der Waals surface area contributed by atoms with Gasteiger partial charge in [0.1, 0.15) is 0 Å². The number of carbonyl (C=O) groups excluding carboxylic acids is 1. The van der Waals surface area contributed by atoms with Crippen LogP contribution in [0.1, 0.15) is 36.0 Å². The molecule has 2 rings (SSSR count). The van der Waals surface area contributed by atoms with E-state index in [0.717, 1.165) is 19.3 Å². The predicted octanol–water partition coefficient (Wildman–Crippen LogP) is 2.96. The molecule has 0 saturated heterocycles. The number of nitrogens with one attached hydrogen (secondary N) is 1. The second kappa shape index (κ2) is 6.75. The fourth-order valence-corrected chi connectivity index (χ4v) is 2.83. The van der Waals surface area contributed by atoms with Crippen LogP contribution in [0.15, 0.2) is 24.3 Å². The summed E-state index contributed by atoms with van der Waals surface area (Å²) in [6.07, 6.45) is 3.55. The van der Waals surface area contributed by atoms with Crippen molar-refractivity contribution in [2.24, 2.45) is 11.8 Å². The molecule has 4 nitrogen and oxygen atoms in total. The second-order valence-corrected chi connectivity index (χ2v) is 5.64. The molecule has 0 radical (unpaired) electrons. The Balaban J connectivity index is 1.91. The molecule has 2 atom stereocenters. The van der Waals surface area contributed by atoms with Gasteiger partial charge in [-0.15, -0.1) is 0 Å². The number of benzene rings is 1. The van der Waals surface area contributed by atoms with Gasteiger partial charge in [0.25, 0.3) is 5.91 Å². The molecule has 1 fully saturated rings. The van der Waals surface area contributed by atoms with Gasteiger partial charge in [-0.25, -0.2) is 0 Å². The summed E-state index contributed by atoms with van der Waals surface area (Å²) in [6.45, 7) is 0.415. The number of carboxylic acids is 1. The molecular weight excluding hydrogens is 278 g/mol. The van der Waals surface area contributed by atoms with Crippen molar-refractivity contribution in [3.8, 4) is 0 Å². The Morgan fingerprint density at radius 2 is 1.85 bits per heavy atom. The summed E-state index contributed by atoms with van der Waals surface area (Å²) < 4.78 is 0. The standard InChI is InChI=1S/C15H18ClNO3/c16-12-7-5-10(6-8-12)14(18)17-9-11-3-1-2-4-13(11)15(19)20/h5-8,11,13H,1-4,9H2,(H,17,18)(H,19,20). The van der Waals surface area contributed by atoms with Gasteiger partial charge in [0.05, 0.1) is 5.92 Å². The maximum Gasteiger partial charge on any atom is 0.306 e. The SMILES string of the molecule is O=C(NCC1CCCCC1C(=O)O)c1ccc(Cl)cc1. The van der Waals surface area contributed by atoms with Crippen LogP contribution in [-0.4, -0.2) is 23.5 Å². The summed E-state index contributed by atoms with van der Waals surface area (Å²) >= 11 is 5.77. The summed E-state index contributed by atoms with van der Waals surface area (Å²) in [5.41, 5.74) is 0.539. The van der Waals surface area contributed by atoms with Gasteiger partial charge in [0.2, 0.25) is 0 Å². The van der Waals surface area contributed by atoms with Crippen LogP contribution in [0.2, 0.25) is 5.02 Å². The summed E-state index contributed by atoms with van der Waals surface area (Å²) in [4.78, 5) is 23.2. The smallest absolute Gasteiger partial charge is 0.306 e. The Labute approximate surface area is 123 Å². The van der Waals surface area contributed by atoms with Gasteiger partial charge in [-0.1, -0.05) is 24.4 Å². The number of rotatable bonds is 4. The molecule has 0 aromatic heterocycles. The zero-order valence-corrected chi connectivity index (χ0v) is 11.9. The Morgan fingerprint density at radius 3 is 2.50 bits per heavy atom. The monoisotopic (exact) mass is 295 g/mol. The number of aliphatic carboxylic acids is 1. The van der Waals surface area contributed by atoms with Crippen LogP contribution in [0.5, 0.6) is 0 Å². The van der Waals surface area contributed by atoms with E-state index in [1.54, 1.807) is 24.3 Å². The number of amides is 1. The van der Waals surface area contributed by atoms with E-state index in [2.05, 4.69) is 5.32 Å². The highest BCUT2D eigenvalue weighted by molar-refractivity contribution is 6.30. The number of carboxylic acid groups (broad SMARTS) is 1. The molecule has 1 amide bonds. The first-order valence-electron chi connectivity index (χ1n) is 6.84. The Kier molecular flexibility index (Phi) is 5.01. The van der Waals surface area contributed by atoms with E-state index in [9.17, 15) is 14.7 Å². The van der Waals surface area contributed by atoms with Crippen LogP contribution in [0.3, 0.4) is 0 Å². The summed E-state index contributed by atoms with van der Waals surface area (Å²) in [5, 5.41) is 12.6. The van der Waals surface area contributed by atoms with Crippen LogP contribution >= 0.6 is 11.6 Å². The fourth-order valence-electron chi connectivity index (χ4n) is 2.70. The number of carbonyl (C=O) groups is 2. The zero-order valence-electron chi connectivity index (χ0n) is 11.1. The van der Waals surface area contributed by atoms with Crippen molar-refractivity contribution in [3.05, 3.63) is 34.9 Å². The lowest BCUT2D eigenvalue weighted by Gasteiger charge is -2.28. The van der Waals surface area contributed by atoms with Gasteiger partial charge in [-0.05, 0) is 43.0 Å². The van der Waals surface area contributed by atoms with Crippen LogP contribution in [0.25, 0.3) is 0 Å². The van der Waals surface area contributed by atoms with Gasteiger partial charge in [-0.3, -0.25) is 9.59 Å². The van der Waals surface area contributed by atoms with Crippen molar-refractivity contribution in [1.82, 2.24) is 5.32 Å². The molecule has 108 valence electrons. The lowest BCUT2D eigenvalue weighted by atomic mass is 9.79. The molecule has 0 heterocycles. The number of halogens is 1. The van der Waals surface area contributed by atoms with Gasteiger partial charge >= 0.3 is 5.97 Å². The lowest BCUT2D eigenvalue weighted by Crippen LogP contribution is -2.37. The maximum absolute atomic E-state index is 12.0. The maximum atomic E-state index is 12.0. The molecule has 1 aromatic carbocycles. The highest BCUT2D eigenvalue weighted by Gasteiger charge is 2.30. The minimum absolute atomic E-state index is 0.0255. The van der Waals surface area contributed by atoms with Gasteiger partial charge in [-0.2, -0.15) is 0 Å². The van der Waals surface area contributed by atoms with Crippen LogP contribution in [0.4, 0.5) is 0 Å². The number of hydrogen-bond acceptors (Lipinski definition) is 2. The van der Waals surface area contributed by atoms with Gasteiger partial charge < -0.3 is 10.4 Å². The first-order valence-corrected chi connectivity index (χ1v) is 7.22. The highest BCUT2D eigenvalue weighted by Crippen LogP contribution is 2.29. The van der Waals surface area contributed by atoms with E-state index in [-0.39, 0.29) is 17.7 Å². The van der Waals surface area contributed by atoms with E-state index < -0.39 is 5.97 Å². The van der Waals surface area contributed by atoms with Gasteiger partial charge in [0, 0.05) is 17.1 Å². The molecular formula is C15H18ClNO3. The molecule has 0 bridgehead atoms. The first-order chi connectivity index (χ1) is 9.58. The predicted molar refractivity (Wildman–Crippen MR) is 76.9 cm³/mol. The van der Waals surface area contributed by atoms with E-state index in [0.29, 0.717) is 23.6 Å². The molecule has 1 saturated carbocycles. The third-order valence-corrected chi connectivity index (χ3v) is 4.11. The normalized spacial score (nSPS) is 22.2. The molecule has 20 heavy (non-hydrogen) atoms. The summed E-state index contributed by atoms with van der Waals surface area (Å²) in [7, 11) is 0. The summed E-state index contributed by atoms with van der Waals surface area (Å²) in [5.74, 6) is -1.25. The average Bonchev–Trinajstić information content (AvgIpc) is 2.45. The Bertz CT molecular complexity index is 486. The van der Waals surface area contributed by atoms with Crippen LogP contribution < -0.4 is 5.32 Å². The minimum Gasteiger partial charge on any atom is -0.481 e. The lowest BCUT2D eigenvalue weighted by molar-refractivity contribution is -0.144. The fraction of sp³-hybridized carbons (Fsp3) is 0.467. The topological polar surface area (TPSA) is 66.4 Å². The van der Waals surface area contributed by atoms with E-state index in [4.69, 9.17) is 11.6 Å². The minimum atomic E-state index is -0.754. The second-order valence-electron chi connectivity index (χ2n) is 5.21.